The maximum Gasteiger partial charge on any atom is 0.337 e. The van der Waals surface area contributed by atoms with E-state index in [-0.39, 0.29) is 11.9 Å². The van der Waals surface area contributed by atoms with Gasteiger partial charge in [-0.3, -0.25) is 14.4 Å². The van der Waals surface area contributed by atoms with Gasteiger partial charge in [0, 0.05) is 56.9 Å². The Labute approximate surface area is 171 Å². The van der Waals surface area contributed by atoms with Gasteiger partial charge in [0.05, 0.1) is 12.7 Å². The summed E-state index contributed by atoms with van der Waals surface area (Å²) in [7, 11) is 1.39. The Balaban J connectivity index is 1.52. The molecule has 1 aromatic heterocycles. The number of nitrogens with zero attached hydrogens (tertiary/aromatic N) is 4. The number of rotatable bonds is 5. The summed E-state index contributed by atoms with van der Waals surface area (Å²) in [6, 6.07) is 7.53. The third kappa shape index (κ3) is 3.92. The highest BCUT2D eigenvalue weighted by Crippen LogP contribution is 2.26. The van der Waals surface area contributed by atoms with Crippen molar-refractivity contribution in [1.82, 2.24) is 19.6 Å². The van der Waals surface area contributed by atoms with Crippen LogP contribution >= 0.6 is 0 Å². The predicted octanol–water partition coefficient (Wildman–Crippen LogP) is 2.48. The van der Waals surface area contributed by atoms with Crippen molar-refractivity contribution < 1.29 is 14.3 Å². The van der Waals surface area contributed by atoms with Crippen molar-refractivity contribution in [2.45, 2.75) is 45.8 Å². The lowest BCUT2D eigenvalue weighted by Crippen LogP contribution is -2.33. The van der Waals surface area contributed by atoms with E-state index in [1.807, 2.05) is 21.7 Å². The summed E-state index contributed by atoms with van der Waals surface area (Å²) in [4.78, 5) is 28.9. The van der Waals surface area contributed by atoms with Crippen molar-refractivity contribution in [2.24, 2.45) is 0 Å². The Bertz CT molecular complexity index is 898. The van der Waals surface area contributed by atoms with E-state index in [0.29, 0.717) is 11.3 Å². The zero-order valence-electron chi connectivity index (χ0n) is 17.2. The molecule has 1 saturated heterocycles. The van der Waals surface area contributed by atoms with Gasteiger partial charge in [0.15, 0.2) is 5.69 Å². The molecule has 29 heavy (non-hydrogen) atoms. The first-order valence-corrected chi connectivity index (χ1v) is 10.4. The Morgan fingerprint density at radius 2 is 1.83 bits per heavy atom. The van der Waals surface area contributed by atoms with Gasteiger partial charge in [0.25, 0.3) is 5.91 Å². The Kier molecular flexibility index (Phi) is 5.67. The Hall–Kier alpha value is -2.67. The standard InChI is InChI=1S/C22H28N4O3/c1-3-26-19-10-13-24(14-16-6-8-17(9-7-16)22(28)29-2)15-18(19)20(23-26)21(27)25-11-4-5-12-25/h6-9H,3-5,10-15H2,1-2H3. The largest absolute Gasteiger partial charge is 0.465 e. The van der Waals surface area contributed by atoms with Gasteiger partial charge in [-0.15, -0.1) is 0 Å². The van der Waals surface area contributed by atoms with Crippen LogP contribution in [0.3, 0.4) is 0 Å². The van der Waals surface area contributed by atoms with Crippen molar-refractivity contribution in [3.63, 3.8) is 0 Å². The maximum atomic E-state index is 13.0. The number of carbonyl (C=O) groups excluding carboxylic acids is 2. The quantitative estimate of drug-likeness (QED) is 0.727. The molecule has 2 aromatic rings. The van der Waals surface area contributed by atoms with E-state index in [1.165, 1.54) is 12.8 Å². The van der Waals surface area contributed by atoms with Gasteiger partial charge in [0.1, 0.15) is 0 Å². The van der Waals surface area contributed by atoms with Crippen LogP contribution in [-0.2, 0) is 30.8 Å². The number of carbonyl (C=O) groups is 2. The highest BCUT2D eigenvalue weighted by molar-refractivity contribution is 5.94. The minimum absolute atomic E-state index is 0.0789. The number of methoxy groups -OCH3 is 1. The molecule has 1 fully saturated rings. The lowest BCUT2D eigenvalue weighted by Gasteiger charge is -2.28. The molecule has 1 amide bonds. The molecule has 3 heterocycles. The molecular weight excluding hydrogens is 368 g/mol. The van der Waals surface area contributed by atoms with Crippen molar-refractivity contribution in [3.05, 3.63) is 52.3 Å². The topological polar surface area (TPSA) is 67.7 Å². The number of likely N-dealkylation sites (tertiary alicyclic amines) is 1. The molecule has 0 N–H and O–H groups in total. The van der Waals surface area contributed by atoms with Crippen LogP contribution in [-0.4, -0.2) is 58.2 Å². The number of ether oxygens (including phenoxy) is 1. The van der Waals surface area contributed by atoms with Crippen molar-refractivity contribution >= 4 is 11.9 Å². The van der Waals surface area contributed by atoms with E-state index in [4.69, 9.17) is 4.74 Å². The molecule has 1 aromatic carbocycles. The predicted molar refractivity (Wildman–Crippen MR) is 109 cm³/mol. The van der Waals surface area contributed by atoms with Gasteiger partial charge >= 0.3 is 5.97 Å². The summed E-state index contributed by atoms with van der Waals surface area (Å²) >= 11 is 0. The monoisotopic (exact) mass is 396 g/mol. The van der Waals surface area contributed by atoms with E-state index in [2.05, 4.69) is 16.9 Å². The smallest absolute Gasteiger partial charge is 0.337 e. The van der Waals surface area contributed by atoms with Crippen molar-refractivity contribution in [2.75, 3.05) is 26.7 Å². The minimum Gasteiger partial charge on any atom is -0.465 e. The molecule has 0 aliphatic carbocycles. The van der Waals surface area contributed by atoms with Gasteiger partial charge in [-0.25, -0.2) is 4.79 Å². The third-order valence-electron chi connectivity index (χ3n) is 5.89. The summed E-state index contributed by atoms with van der Waals surface area (Å²) < 4.78 is 6.76. The van der Waals surface area contributed by atoms with Gasteiger partial charge in [-0.1, -0.05) is 12.1 Å². The fourth-order valence-electron chi connectivity index (χ4n) is 4.31. The molecule has 0 unspecified atom stereocenters. The minimum atomic E-state index is -0.323. The van der Waals surface area contributed by atoms with E-state index >= 15 is 0 Å². The number of hydrogen-bond acceptors (Lipinski definition) is 5. The first-order valence-electron chi connectivity index (χ1n) is 10.4. The van der Waals surface area contributed by atoms with Crippen LogP contribution in [0.1, 0.15) is 57.4 Å². The fraction of sp³-hybridized carbons (Fsp3) is 0.500. The van der Waals surface area contributed by atoms with Crippen LogP contribution in [0.25, 0.3) is 0 Å². The number of aryl methyl sites for hydroxylation is 1. The Morgan fingerprint density at radius 3 is 2.48 bits per heavy atom. The summed E-state index contributed by atoms with van der Waals surface area (Å²) in [5, 5.41) is 4.68. The van der Waals surface area contributed by atoms with Gasteiger partial charge in [0.2, 0.25) is 0 Å². The summed E-state index contributed by atoms with van der Waals surface area (Å²) in [5.41, 5.74) is 4.61. The fourth-order valence-corrected chi connectivity index (χ4v) is 4.31. The second kappa shape index (κ2) is 8.37. The number of amides is 1. The zero-order chi connectivity index (χ0) is 20.4. The highest BCUT2D eigenvalue weighted by Gasteiger charge is 2.31. The van der Waals surface area contributed by atoms with Gasteiger partial charge in [-0.05, 0) is 37.5 Å². The molecule has 4 rings (SSSR count). The van der Waals surface area contributed by atoms with Crippen LogP contribution in [0, 0.1) is 0 Å². The second-order valence-corrected chi connectivity index (χ2v) is 7.74. The number of aromatic nitrogens is 2. The number of fused-ring (bicyclic) bond motifs is 1. The van der Waals surface area contributed by atoms with Crippen LogP contribution < -0.4 is 0 Å². The second-order valence-electron chi connectivity index (χ2n) is 7.74. The highest BCUT2D eigenvalue weighted by atomic mass is 16.5. The molecule has 154 valence electrons. The lowest BCUT2D eigenvalue weighted by atomic mass is 10.0. The third-order valence-corrected chi connectivity index (χ3v) is 5.89. The van der Waals surface area contributed by atoms with E-state index in [9.17, 15) is 9.59 Å². The average molecular weight is 396 g/mol. The lowest BCUT2D eigenvalue weighted by molar-refractivity contribution is 0.0600. The maximum absolute atomic E-state index is 13.0. The first kappa shape index (κ1) is 19.6. The Morgan fingerprint density at radius 1 is 1.10 bits per heavy atom. The van der Waals surface area contributed by atoms with E-state index in [0.717, 1.165) is 69.7 Å². The number of hydrogen-bond donors (Lipinski definition) is 0. The molecular formula is C22H28N4O3. The molecule has 0 radical (unpaired) electrons. The van der Waals surface area contributed by atoms with E-state index < -0.39 is 0 Å². The van der Waals surface area contributed by atoms with Crippen molar-refractivity contribution in [1.29, 1.82) is 0 Å². The molecule has 2 aliphatic heterocycles. The molecule has 2 aliphatic rings. The van der Waals surface area contributed by atoms with Crippen LogP contribution in [0.15, 0.2) is 24.3 Å². The normalized spacial score (nSPS) is 16.7. The number of benzene rings is 1. The number of esters is 1. The van der Waals surface area contributed by atoms with Crippen LogP contribution in [0.2, 0.25) is 0 Å². The molecule has 0 spiro atoms. The molecule has 0 saturated carbocycles. The zero-order valence-corrected chi connectivity index (χ0v) is 17.2. The molecule has 0 atom stereocenters. The SMILES string of the molecule is CCn1nc(C(=O)N2CCCC2)c2c1CCN(Cc1ccc(C(=O)OC)cc1)C2. The van der Waals surface area contributed by atoms with Gasteiger partial charge in [-0.2, -0.15) is 5.10 Å². The molecule has 0 bridgehead atoms. The van der Waals surface area contributed by atoms with E-state index in [1.54, 1.807) is 12.1 Å². The molecule has 7 heteroatoms. The van der Waals surface area contributed by atoms with Crippen LogP contribution in [0.4, 0.5) is 0 Å². The first-order chi connectivity index (χ1) is 14.1. The summed E-state index contributed by atoms with van der Waals surface area (Å²) in [6.07, 6.45) is 3.05. The summed E-state index contributed by atoms with van der Waals surface area (Å²) in [6.45, 7) is 6.95. The average Bonchev–Trinajstić information content (AvgIpc) is 3.41. The van der Waals surface area contributed by atoms with Gasteiger partial charge < -0.3 is 9.64 Å². The molecule has 7 nitrogen and oxygen atoms in total. The summed E-state index contributed by atoms with van der Waals surface area (Å²) in [5.74, 6) is -0.244. The van der Waals surface area contributed by atoms with Crippen molar-refractivity contribution in [3.8, 4) is 0 Å². The van der Waals surface area contributed by atoms with Crippen LogP contribution in [0.5, 0.6) is 0 Å².